The van der Waals surface area contributed by atoms with Crippen molar-refractivity contribution in [1.29, 1.82) is 0 Å². The summed E-state index contributed by atoms with van der Waals surface area (Å²) in [5, 5.41) is 10.4. The molecule has 4 heterocycles. The molecule has 0 aliphatic carbocycles. The number of nitrogens with one attached hydrogen (secondary N) is 1. The van der Waals surface area contributed by atoms with E-state index in [-0.39, 0.29) is 5.56 Å². The number of fused-ring (bicyclic) bond motifs is 1. The number of anilines is 1. The van der Waals surface area contributed by atoms with Crippen molar-refractivity contribution in [3.8, 4) is 0 Å². The van der Waals surface area contributed by atoms with Gasteiger partial charge in [-0.1, -0.05) is 23.9 Å². The minimum absolute atomic E-state index is 0.0992. The Morgan fingerprint density at radius 2 is 1.97 bits per heavy atom. The molecule has 0 atom stereocenters. The second-order valence-electron chi connectivity index (χ2n) is 7.27. The summed E-state index contributed by atoms with van der Waals surface area (Å²) in [6, 6.07) is 11.2. The summed E-state index contributed by atoms with van der Waals surface area (Å²) in [6.07, 6.45) is 4.68. The molecule has 154 valence electrons. The van der Waals surface area contributed by atoms with Gasteiger partial charge in [-0.25, -0.2) is 4.98 Å². The van der Waals surface area contributed by atoms with E-state index in [0.29, 0.717) is 24.2 Å². The van der Waals surface area contributed by atoms with Gasteiger partial charge in [0.1, 0.15) is 11.6 Å². The number of H-pyrrole nitrogens is 1. The fraction of sp³-hybridized carbons (Fsp3) is 0.333. The van der Waals surface area contributed by atoms with Crippen LogP contribution in [0.5, 0.6) is 0 Å². The van der Waals surface area contributed by atoms with E-state index in [2.05, 4.69) is 29.6 Å². The van der Waals surface area contributed by atoms with Crippen LogP contribution in [0.25, 0.3) is 10.9 Å². The molecule has 1 aliphatic rings. The zero-order valence-corrected chi connectivity index (χ0v) is 17.3. The summed E-state index contributed by atoms with van der Waals surface area (Å²) in [5.74, 6) is 3.18. The van der Waals surface area contributed by atoms with Crippen molar-refractivity contribution in [3.63, 3.8) is 0 Å². The topological polar surface area (TPSA) is 92.8 Å². The molecule has 0 spiro atoms. The molecule has 1 aromatic carbocycles. The number of nitrogens with zero attached hydrogens (tertiary/aromatic N) is 5. The lowest BCUT2D eigenvalue weighted by Crippen LogP contribution is -2.22. The van der Waals surface area contributed by atoms with E-state index < -0.39 is 0 Å². The second kappa shape index (κ2) is 8.35. The highest BCUT2D eigenvalue weighted by molar-refractivity contribution is 7.99. The highest BCUT2D eigenvalue weighted by atomic mass is 32.2. The number of thioether (sulfide) groups is 1. The third kappa shape index (κ3) is 3.85. The smallest absolute Gasteiger partial charge is 0.258 e. The first kappa shape index (κ1) is 18.9. The number of hydrogen-bond acceptors (Lipinski definition) is 7. The standard InChI is InChI=1S/C21H22N6O2S/c28-19-16-7-1-2-8-17(16)22-18(23-19)9-13-30-21-25-24-20(26-10-3-4-11-26)27(21)14-15-6-5-12-29-15/h1-2,5-8,12H,3-4,9-11,13-14H2,(H,22,23,28). The van der Waals surface area contributed by atoms with Crippen LogP contribution in [0.2, 0.25) is 0 Å². The van der Waals surface area contributed by atoms with Gasteiger partial charge in [0.15, 0.2) is 5.16 Å². The Kier molecular flexibility index (Phi) is 5.27. The predicted molar refractivity (Wildman–Crippen MR) is 116 cm³/mol. The number of rotatable bonds is 7. The van der Waals surface area contributed by atoms with E-state index >= 15 is 0 Å². The van der Waals surface area contributed by atoms with E-state index in [4.69, 9.17) is 4.42 Å². The van der Waals surface area contributed by atoms with Gasteiger partial charge in [0, 0.05) is 25.3 Å². The Morgan fingerprint density at radius 1 is 1.10 bits per heavy atom. The summed E-state index contributed by atoms with van der Waals surface area (Å²) in [5.41, 5.74) is 0.622. The number of furan rings is 1. The van der Waals surface area contributed by atoms with Crippen molar-refractivity contribution in [3.05, 3.63) is 64.6 Å². The van der Waals surface area contributed by atoms with Crippen LogP contribution in [0.4, 0.5) is 5.95 Å². The minimum Gasteiger partial charge on any atom is -0.467 e. The van der Waals surface area contributed by atoms with E-state index in [9.17, 15) is 4.79 Å². The molecule has 3 aromatic heterocycles. The maximum absolute atomic E-state index is 12.3. The Hall–Kier alpha value is -3.07. The molecular formula is C21H22N6O2S. The molecule has 5 rings (SSSR count). The summed E-state index contributed by atoms with van der Waals surface area (Å²) in [4.78, 5) is 22.0. The van der Waals surface area contributed by atoms with Crippen molar-refractivity contribution >= 4 is 28.6 Å². The molecule has 8 nitrogen and oxygen atoms in total. The van der Waals surface area contributed by atoms with Crippen LogP contribution in [0, 0.1) is 0 Å². The quantitative estimate of drug-likeness (QED) is 0.458. The third-order valence-electron chi connectivity index (χ3n) is 5.21. The van der Waals surface area contributed by atoms with Crippen molar-refractivity contribution in [2.45, 2.75) is 31.0 Å². The monoisotopic (exact) mass is 422 g/mol. The van der Waals surface area contributed by atoms with Gasteiger partial charge in [0.2, 0.25) is 5.95 Å². The molecular weight excluding hydrogens is 400 g/mol. The average molecular weight is 423 g/mol. The maximum atomic E-state index is 12.3. The van der Waals surface area contributed by atoms with Gasteiger partial charge >= 0.3 is 0 Å². The molecule has 1 N–H and O–H groups in total. The zero-order valence-electron chi connectivity index (χ0n) is 16.5. The highest BCUT2D eigenvalue weighted by Crippen LogP contribution is 2.26. The van der Waals surface area contributed by atoms with Crippen molar-refractivity contribution in [2.75, 3.05) is 23.7 Å². The fourth-order valence-electron chi connectivity index (χ4n) is 3.73. The highest BCUT2D eigenvalue weighted by Gasteiger charge is 2.22. The van der Waals surface area contributed by atoms with Gasteiger partial charge in [-0.15, -0.1) is 10.2 Å². The molecule has 30 heavy (non-hydrogen) atoms. The van der Waals surface area contributed by atoms with Crippen LogP contribution in [-0.4, -0.2) is 43.6 Å². The number of benzene rings is 1. The molecule has 1 aliphatic heterocycles. The van der Waals surface area contributed by atoms with Crippen LogP contribution in [-0.2, 0) is 13.0 Å². The van der Waals surface area contributed by atoms with Crippen LogP contribution in [0.3, 0.4) is 0 Å². The lowest BCUT2D eigenvalue weighted by atomic mass is 10.2. The SMILES string of the molecule is O=c1[nH]c(CCSc2nnc(N3CCCC3)n2Cc2ccco2)nc2ccccc12. The summed E-state index contributed by atoms with van der Waals surface area (Å²) < 4.78 is 7.67. The van der Waals surface area contributed by atoms with E-state index in [1.54, 1.807) is 24.1 Å². The Morgan fingerprint density at radius 3 is 2.80 bits per heavy atom. The van der Waals surface area contributed by atoms with Crippen LogP contribution in [0.15, 0.2) is 57.0 Å². The predicted octanol–water partition coefficient (Wildman–Crippen LogP) is 3.09. The number of aromatic nitrogens is 5. The van der Waals surface area contributed by atoms with Gasteiger partial charge in [0.25, 0.3) is 5.56 Å². The summed E-state index contributed by atoms with van der Waals surface area (Å²) >= 11 is 1.61. The lowest BCUT2D eigenvalue weighted by molar-refractivity contribution is 0.483. The average Bonchev–Trinajstić information content (AvgIpc) is 3.51. The first-order valence-corrected chi connectivity index (χ1v) is 11.1. The number of hydrogen-bond donors (Lipinski definition) is 1. The zero-order chi connectivity index (χ0) is 20.3. The van der Waals surface area contributed by atoms with E-state index in [0.717, 1.165) is 41.2 Å². The molecule has 9 heteroatoms. The van der Waals surface area contributed by atoms with Gasteiger partial charge in [-0.05, 0) is 37.1 Å². The van der Waals surface area contributed by atoms with E-state index in [1.807, 2.05) is 30.3 Å². The molecule has 0 saturated carbocycles. The van der Waals surface area contributed by atoms with Gasteiger partial charge < -0.3 is 14.3 Å². The molecule has 0 bridgehead atoms. The minimum atomic E-state index is -0.0992. The molecule has 1 saturated heterocycles. The largest absolute Gasteiger partial charge is 0.467 e. The first-order chi connectivity index (χ1) is 14.8. The summed E-state index contributed by atoms with van der Waals surface area (Å²) in [6.45, 7) is 2.60. The molecule has 1 fully saturated rings. The number of aryl methyl sites for hydroxylation is 1. The van der Waals surface area contributed by atoms with Gasteiger partial charge in [-0.2, -0.15) is 0 Å². The molecule has 0 unspecified atom stereocenters. The van der Waals surface area contributed by atoms with Gasteiger partial charge in [0.05, 0.1) is 23.7 Å². The lowest BCUT2D eigenvalue weighted by Gasteiger charge is -2.17. The Balaban J connectivity index is 1.34. The molecule has 4 aromatic rings. The van der Waals surface area contributed by atoms with Crippen molar-refractivity contribution in [2.24, 2.45) is 0 Å². The van der Waals surface area contributed by atoms with Gasteiger partial charge in [-0.3, -0.25) is 9.36 Å². The van der Waals surface area contributed by atoms with Crippen LogP contribution < -0.4 is 10.5 Å². The second-order valence-corrected chi connectivity index (χ2v) is 8.33. The van der Waals surface area contributed by atoms with Crippen LogP contribution >= 0.6 is 11.8 Å². The van der Waals surface area contributed by atoms with E-state index in [1.165, 1.54) is 12.8 Å². The molecule has 0 amide bonds. The third-order valence-corrected chi connectivity index (χ3v) is 6.18. The molecule has 0 radical (unpaired) electrons. The number of aromatic amines is 1. The summed E-state index contributed by atoms with van der Waals surface area (Å²) in [7, 11) is 0. The fourth-order valence-corrected chi connectivity index (χ4v) is 4.61. The Labute approximate surface area is 177 Å². The Bertz CT molecular complexity index is 1190. The normalized spacial score (nSPS) is 14.1. The maximum Gasteiger partial charge on any atom is 0.258 e. The first-order valence-electron chi connectivity index (χ1n) is 10.1. The van der Waals surface area contributed by atoms with Crippen molar-refractivity contribution in [1.82, 2.24) is 24.7 Å². The van der Waals surface area contributed by atoms with Crippen molar-refractivity contribution < 1.29 is 4.42 Å². The number of para-hydroxylation sites is 1. The van der Waals surface area contributed by atoms with Crippen LogP contribution in [0.1, 0.15) is 24.4 Å².